The Labute approximate surface area is 89.5 Å². The second kappa shape index (κ2) is 4.57. The van der Waals surface area contributed by atoms with Crippen molar-refractivity contribution in [3.63, 3.8) is 0 Å². The molecule has 1 aromatic carbocycles. The molecule has 0 saturated heterocycles. The monoisotopic (exact) mass is 292 g/mol. The smallest absolute Gasteiger partial charge is 0.333 e. The van der Waals surface area contributed by atoms with E-state index in [1.54, 1.807) is 12.1 Å². The summed E-state index contributed by atoms with van der Waals surface area (Å²) in [5, 5.41) is 17.8. The normalized spacial score (nSPS) is 14.9. The Hall–Kier alpha value is -0.620. The fourth-order valence-corrected chi connectivity index (χ4v) is 1.67. The number of aliphatic carboxylic acids is 1. The fraction of sp³-hybridized carbons (Fsp3) is 0.222. The highest BCUT2D eigenvalue weighted by Crippen LogP contribution is 2.26. The van der Waals surface area contributed by atoms with Gasteiger partial charge in [0.15, 0.2) is 6.10 Å². The maximum Gasteiger partial charge on any atom is 0.333 e. The number of halogens is 1. The average Bonchev–Trinajstić information content (AvgIpc) is 2.17. The highest BCUT2D eigenvalue weighted by Gasteiger charge is 2.23. The summed E-state index contributed by atoms with van der Waals surface area (Å²) < 4.78 is -0.406. The summed E-state index contributed by atoms with van der Waals surface area (Å²) in [6.07, 6.45) is -1.34. The zero-order valence-corrected chi connectivity index (χ0v) is 8.88. The molecule has 1 aromatic rings. The number of carbonyl (C=O) groups is 1. The van der Waals surface area contributed by atoms with Gasteiger partial charge in [-0.15, -0.1) is 0 Å². The SMILES string of the molecule is O=C(O)[C@H](O)[C@H](I)c1ccccc1. The van der Waals surface area contributed by atoms with Crippen LogP contribution in [0.1, 0.15) is 9.49 Å². The van der Waals surface area contributed by atoms with Crippen molar-refractivity contribution in [2.45, 2.75) is 10.0 Å². The topological polar surface area (TPSA) is 57.5 Å². The van der Waals surface area contributed by atoms with Crippen LogP contribution in [0.5, 0.6) is 0 Å². The average molecular weight is 292 g/mol. The van der Waals surface area contributed by atoms with Crippen molar-refractivity contribution >= 4 is 28.6 Å². The Bertz CT molecular complexity index is 286. The van der Waals surface area contributed by atoms with E-state index in [9.17, 15) is 9.90 Å². The van der Waals surface area contributed by atoms with E-state index < -0.39 is 16.0 Å². The van der Waals surface area contributed by atoms with Crippen molar-refractivity contribution in [2.75, 3.05) is 0 Å². The third-order valence-electron chi connectivity index (χ3n) is 1.65. The minimum atomic E-state index is -1.34. The molecular weight excluding hydrogens is 283 g/mol. The van der Waals surface area contributed by atoms with E-state index in [-0.39, 0.29) is 0 Å². The standard InChI is InChI=1S/C9H9IO3/c10-7(8(11)9(12)13)6-4-2-1-3-5-6/h1-5,7-8,11H,(H,12,13)/t7-,8-/m1/s1. The van der Waals surface area contributed by atoms with Crippen molar-refractivity contribution in [2.24, 2.45) is 0 Å². The van der Waals surface area contributed by atoms with Gasteiger partial charge in [0.25, 0.3) is 0 Å². The van der Waals surface area contributed by atoms with Gasteiger partial charge in [0.05, 0.1) is 3.92 Å². The molecule has 0 aliphatic carbocycles. The number of alkyl halides is 1. The molecule has 0 aromatic heterocycles. The van der Waals surface area contributed by atoms with E-state index in [0.717, 1.165) is 5.56 Å². The summed E-state index contributed by atoms with van der Waals surface area (Å²) in [6.45, 7) is 0. The van der Waals surface area contributed by atoms with Gasteiger partial charge in [-0.3, -0.25) is 0 Å². The quantitative estimate of drug-likeness (QED) is 0.657. The Morgan fingerprint density at radius 3 is 2.31 bits per heavy atom. The third kappa shape index (κ3) is 2.67. The number of hydrogen-bond donors (Lipinski definition) is 2. The van der Waals surface area contributed by atoms with Gasteiger partial charge in [0.1, 0.15) is 0 Å². The summed E-state index contributed by atoms with van der Waals surface area (Å²) in [6, 6.07) is 9.07. The van der Waals surface area contributed by atoms with E-state index >= 15 is 0 Å². The molecule has 0 aliphatic rings. The molecule has 1 rings (SSSR count). The second-order valence-electron chi connectivity index (χ2n) is 2.60. The molecule has 2 N–H and O–H groups in total. The summed E-state index contributed by atoms with van der Waals surface area (Å²) in [5.74, 6) is -1.19. The van der Waals surface area contributed by atoms with Crippen LogP contribution in [0, 0.1) is 0 Å². The predicted molar refractivity (Wildman–Crippen MR) is 56.8 cm³/mol. The summed E-state index contributed by atoms with van der Waals surface area (Å²) in [4.78, 5) is 10.5. The lowest BCUT2D eigenvalue weighted by atomic mass is 10.1. The maximum absolute atomic E-state index is 10.5. The van der Waals surface area contributed by atoms with Gasteiger partial charge in [-0.05, 0) is 5.56 Å². The van der Waals surface area contributed by atoms with Gasteiger partial charge in [-0.25, -0.2) is 4.79 Å². The van der Waals surface area contributed by atoms with Crippen molar-refractivity contribution in [1.29, 1.82) is 0 Å². The van der Waals surface area contributed by atoms with Crippen LogP contribution in [0.2, 0.25) is 0 Å². The van der Waals surface area contributed by atoms with E-state index in [1.165, 1.54) is 0 Å². The first-order valence-corrected chi connectivity index (χ1v) is 4.97. The molecule has 70 valence electrons. The van der Waals surface area contributed by atoms with Crippen LogP contribution in [0.25, 0.3) is 0 Å². The summed E-state index contributed by atoms with van der Waals surface area (Å²) >= 11 is 1.92. The summed E-state index contributed by atoms with van der Waals surface area (Å²) in [5.41, 5.74) is 0.818. The molecule has 0 radical (unpaired) electrons. The first-order valence-electron chi connectivity index (χ1n) is 3.73. The maximum atomic E-state index is 10.5. The van der Waals surface area contributed by atoms with Crippen molar-refractivity contribution in [3.05, 3.63) is 35.9 Å². The third-order valence-corrected chi connectivity index (χ3v) is 3.05. The molecule has 0 aliphatic heterocycles. The number of hydrogen-bond acceptors (Lipinski definition) is 2. The Kier molecular flexibility index (Phi) is 3.68. The number of aliphatic hydroxyl groups is 1. The molecule has 0 fully saturated rings. The molecule has 0 amide bonds. The van der Waals surface area contributed by atoms with E-state index in [4.69, 9.17) is 5.11 Å². The molecule has 2 atom stereocenters. The predicted octanol–water partition coefficient (Wildman–Crippen LogP) is 1.61. The molecule has 0 bridgehead atoms. The lowest BCUT2D eigenvalue weighted by Crippen LogP contribution is -2.24. The Morgan fingerprint density at radius 1 is 1.31 bits per heavy atom. The molecule has 13 heavy (non-hydrogen) atoms. The van der Waals surface area contributed by atoms with Crippen LogP contribution in [0.15, 0.2) is 30.3 Å². The Morgan fingerprint density at radius 2 is 1.85 bits per heavy atom. The zero-order chi connectivity index (χ0) is 9.84. The number of carboxylic acids is 1. The van der Waals surface area contributed by atoms with E-state index in [0.29, 0.717) is 0 Å². The number of rotatable bonds is 3. The highest BCUT2D eigenvalue weighted by molar-refractivity contribution is 14.1. The molecule has 3 nitrogen and oxygen atoms in total. The van der Waals surface area contributed by atoms with Crippen molar-refractivity contribution in [3.8, 4) is 0 Å². The van der Waals surface area contributed by atoms with Gasteiger partial charge >= 0.3 is 5.97 Å². The molecule has 0 unspecified atom stereocenters. The number of carboxylic acid groups (broad SMARTS) is 1. The first kappa shape index (κ1) is 10.5. The number of aliphatic hydroxyl groups excluding tert-OH is 1. The lowest BCUT2D eigenvalue weighted by molar-refractivity contribution is -0.146. The first-order chi connectivity index (χ1) is 6.13. The van der Waals surface area contributed by atoms with Crippen LogP contribution >= 0.6 is 22.6 Å². The molecular formula is C9H9IO3. The van der Waals surface area contributed by atoms with Gasteiger partial charge < -0.3 is 10.2 Å². The second-order valence-corrected chi connectivity index (χ2v) is 3.94. The van der Waals surface area contributed by atoms with Gasteiger partial charge in [0, 0.05) is 0 Å². The highest BCUT2D eigenvalue weighted by atomic mass is 127. The number of benzene rings is 1. The van der Waals surface area contributed by atoms with Crippen molar-refractivity contribution in [1.82, 2.24) is 0 Å². The van der Waals surface area contributed by atoms with E-state index in [1.807, 2.05) is 40.8 Å². The van der Waals surface area contributed by atoms with Crippen molar-refractivity contribution < 1.29 is 15.0 Å². The minimum Gasteiger partial charge on any atom is -0.479 e. The van der Waals surface area contributed by atoms with Crippen LogP contribution in [0.3, 0.4) is 0 Å². The van der Waals surface area contributed by atoms with E-state index in [2.05, 4.69) is 0 Å². The van der Waals surface area contributed by atoms with Crippen LogP contribution in [0.4, 0.5) is 0 Å². The van der Waals surface area contributed by atoms with Gasteiger partial charge in [-0.2, -0.15) is 0 Å². The molecule has 4 heteroatoms. The zero-order valence-electron chi connectivity index (χ0n) is 6.72. The van der Waals surface area contributed by atoms with Crippen LogP contribution in [-0.4, -0.2) is 22.3 Å². The fourth-order valence-electron chi connectivity index (χ4n) is 0.944. The summed E-state index contributed by atoms with van der Waals surface area (Å²) in [7, 11) is 0. The van der Waals surface area contributed by atoms with Gasteiger partial charge in [-0.1, -0.05) is 52.9 Å². The van der Waals surface area contributed by atoms with Crippen LogP contribution in [-0.2, 0) is 4.79 Å². The Balaban J connectivity index is 2.79. The van der Waals surface area contributed by atoms with Gasteiger partial charge in [0.2, 0.25) is 0 Å². The van der Waals surface area contributed by atoms with Crippen LogP contribution < -0.4 is 0 Å². The molecule has 0 saturated carbocycles. The largest absolute Gasteiger partial charge is 0.479 e. The molecule has 0 heterocycles. The lowest BCUT2D eigenvalue weighted by Gasteiger charge is -2.12. The minimum absolute atomic E-state index is 0.406. The molecule has 0 spiro atoms.